The van der Waals surface area contributed by atoms with E-state index in [0.29, 0.717) is 17.3 Å². The minimum absolute atomic E-state index is 0.435. The molecule has 1 saturated heterocycles. The molecule has 3 heterocycles. The molecule has 1 N–H and O–H groups in total. The summed E-state index contributed by atoms with van der Waals surface area (Å²) in [5.41, 5.74) is 3.22. The highest BCUT2D eigenvalue weighted by Gasteiger charge is 2.17. The number of hydrogen-bond acceptors (Lipinski definition) is 7. The summed E-state index contributed by atoms with van der Waals surface area (Å²) in [7, 11) is 1.84. The number of aromatic nitrogens is 5. The van der Waals surface area contributed by atoms with Crippen LogP contribution in [0.1, 0.15) is 18.4 Å². The van der Waals surface area contributed by atoms with E-state index in [2.05, 4.69) is 36.3 Å². The average molecular weight is 346 g/mol. The molecule has 0 radical (unpaired) electrons. The third-order valence-corrected chi connectivity index (χ3v) is 4.35. The fraction of sp³-hybridized carbons (Fsp3) is 0.278. The quantitative estimate of drug-likeness (QED) is 0.775. The zero-order valence-electron chi connectivity index (χ0n) is 14.4. The van der Waals surface area contributed by atoms with Gasteiger partial charge in [-0.3, -0.25) is 4.68 Å². The van der Waals surface area contributed by atoms with E-state index in [0.717, 1.165) is 30.0 Å². The fourth-order valence-corrected chi connectivity index (χ4v) is 3.11. The molecular formula is C18H18N8. The predicted octanol–water partition coefficient (Wildman–Crippen LogP) is 2.49. The molecule has 1 aliphatic heterocycles. The summed E-state index contributed by atoms with van der Waals surface area (Å²) in [5.74, 6) is 0.959. The number of nitrogens with one attached hydrogen (secondary N) is 1. The van der Waals surface area contributed by atoms with E-state index in [1.54, 1.807) is 10.9 Å². The first-order valence-corrected chi connectivity index (χ1v) is 8.47. The largest absolute Gasteiger partial charge is 0.370 e. The van der Waals surface area contributed by atoms with Crippen LogP contribution in [-0.2, 0) is 7.05 Å². The third kappa shape index (κ3) is 3.19. The van der Waals surface area contributed by atoms with Crippen LogP contribution in [0.2, 0.25) is 0 Å². The average Bonchev–Trinajstić information content (AvgIpc) is 3.33. The van der Waals surface area contributed by atoms with Crippen LogP contribution < -0.4 is 10.2 Å². The lowest BCUT2D eigenvalue weighted by Crippen LogP contribution is -2.18. The van der Waals surface area contributed by atoms with Gasteiger partial charge in [-0.25, -0.2) is 9.97 Å². The van der Waals surface area contributed by atoms with E-state index in [1.807, 2.05) is 31.4 Å². The Bertz CT molecular complexity index is 965. The molecule has 0 unspecified atom stereocenters. The molecule has 0 saturated carbocycles. The van der Waals surface area contributed by atoms with Crippen LogP contribution in [0, 0.1) is 11.3 Å². The number of anilines is 3. The molecule has 0 aliphatic carbocycles. The molecule has 26 heavy (non-hydrogen) atoms. The van der Waals surface area contributed by atoms with Gasteiger partial charge < -0.3 is 10.2 Å². The van der Waals surface area contributed by atoms with Crippen LogP contribution in [0.25, 0.3) is 11.4 Å². The Morgan fingerprint density at radius 3 is 2.77 bits per heavy atom. The van der Waals surface area contributed by atoms with Crippen molar-refractivity contribution in [3.63, 3.8) is 0 Å². The van der Waals surface area contributed by atoms with Gasteiger partial charge in [0.15, 0.2) is 5.82 Å². The van der Waals surface area contributed by atoms with E-state index >= 15 is 0 Å². The first-order valence-electron chi connectivity index (χ1n) is 8.47. The summed E-state index contributed by atoms with van der Waals surface area (Å²) in [4.78, 5) is 15.1. The van der Waals surface area contributed by atoms with Crippen molar-refractivity contribution in [1.82, 2.24) is 24.7 Å². The van der Waals surface area contributed by atoms with Gasteiger partial charge in [-0.15, -0.1) is 0 Å². The zero-order valence-corrected chi connectivity index (χ0v) is 14.4. The van der Waals surface area contributed by atoms with E-state index in [-0.39, 0.29) is 0 Å². The van der Waals surface area contributed by atoms with Gasteiger partial charge in [-0.05, 0) is 31.0 Å². The van der Waals surface area contributed by atoms with E-state index in [1.165, 1.54) is 19.2 Å². The van der Waals surface area contributed by atoms with E-state index in [4.69, 9.17) is 0 Å². The van der Waals surface area contributed by atoms with Gasteiger partial charge in [0.2, 0.25) is 5.95 Å². The molecule has 0 amide bonds. The Morgan fingerprint density at radius 2 is 2.04 bits per heavy atom. The van der Waals surface area contributed by atoms with Gasteiger partial charge in [0.05, 0.1) is 23.1 Å². The van der Waals surface area contributed by atoms with Crippen molar-refractivity contribution in [3.05, 3.63) is 42.5 Å². The van der Waals surface area contributed by atoms with Gasteiger partial charge >= 0.3 is 0 Å². The second-order valence-electron chi connectivity index (χ2n) is 6.20. The van der Waals surface area contributed by atoms with Crippen molar-refractivity contribution >= 4 is 17.3 Å². The first kappa shape index (κ1) is 16.0. The Kier molecular flexibility index (Phi) is 4.19. The maximum Gasteiger partial charge on any atom is 0.230 e. The summed E-state index contributed by atoms with van der Waals surface area (Å²) < 4.78 is 1.70. The second-order valence-corrected chi connectivity index (χ2v) is 6.20. The summed E-state index contributed by atoms with van der Waals surface area (Å²) in [6.45, 7) is 2.00. The molecule has 8 heteroatoms. The molecule has 4 rings (SSSR count). The van der Waals surface area contributed by atoms with E-state index in [9.17, 15) is 5.26 Å². The molecule has 1 aromatic carbocycles. The predicted molar refractivity (Wildman–Crippen MR) is 97.9 cm³/mol. The Hall–Kier alpha value is -3.47. The maximum absolute atomic E-state index is 9.55. The number of nitrogens with zero attached hydrogens (tertiary/aromatic N) is 7. The minimum Gasteiger partial charge on any atom is -0.370 e. The normalized spacial score (nSPS) is 13.6. The number of rotatable bonds is 4. The molecule has 2 aromatic heterocycles. The Labute approximate surface area is 151 Å². The Balaban J connectivity index is 1.63. The van der Waals surface area contributed by atoms with Crippen LogP contribution >= 0.6 is 0 Å². The third-order valence-electron chi connectivity index (χ3n) is 4.35. The number of nitriles is 1. The van der Waals surface area contributed by atoms with Gasteiger partial charge in [-0.1, -0.05) is 0 Å². The van der Waals surface area contributed by atoms with Gasteiger partial charge in [0.25, 0.3) is 0 Å². The number of benzene rings is 1. The zero-order chi connectivity index (χ0) is 17.9. The lowest BCUT2D eigenvalue weighted by molar-refractivity contribution is 0.768. The SMILES string of the molecule is Cn1cc(Nc2ncnc(-c3ccc(N4CCCC4)c(C#N)c3)n2)cn1. The van der Waals surface area contributed by atoms with Crippen molar-refractivity contribution in [2.45, 2.75) is 12.8 Å². The van der Waals surface area contributed by atoms with Crippen LogP contribution in [-0.4, -0.2) is 37.8 Å². The monoisotopic (exact) mass is 346 g/mol. The van der Waals surface area contributed by atoms with Gasteiger partial charge in [0, 0.05) is 31.9 Å². The molecule has 3 aromatic rings. The van der Waals surface area contributed by atoms with E-state index < -0.39 is 0 Å². The molecular weight excluding hydrogens is 328 g/mol. The molecule has 1 aliphatic rings. The number of aryl methyl sites for hydroxylation is 1. The highest BCUT2D eigenvalue weighted by atomic mass is 15.3. The minimum atomic E-state index is 0.435. The molecule has 0 bridgehead atoms. The smallest absolute Gasteiger partial charge is 0.230 e. The van der Waals surface area contributed by atoms with Crippen molar-refractivity contribution in [2.75, 3.05) is 23.3 Å². The van der Waals surface area contributed by atoms with Gasteiger partial charge in [0.1, 0.15) is 12.4 Å². The molecule has 1 fully saturated rings. The standard InChI is InChI=1S/C18H18N8/c1-25-11-15(10-22-25)23-18-21-12-20-17(24-18)13-4-5-16(14(8-13)9-19)26-6-2-3-7-26/h4-5,8,10-12H,2-3,6-7H2,1H3,(H,20,21,23,24). The summed E-state index contributed by atoms with van der Waals surface area (Å²) in [6.07, 6.45) is 7.33. The summed E-state index contributed by atoms with van der Waals surface area (Å²) >= 11 is 0. The first-order chi connectivity index (χ1) is 12.7. The van der Waals surface area contributed by atoms with Crippen LogP contribution in [0.4, 0.5) is 17.3 Å². The van der Waals surface area contributed by atoms with Crippen LogP contribution in [0.15, 0.2) is 36.9 Å². The highest BCUT2D eigenvalue weighted by molar-refractivity contribution is 5.69. The lowest BCUT2D eigenvalue weighted by atomic mass is 10.1. The molecule has 0 atom stereocenters. The lowest BCUT2D eigenvalue weighted by Gasteiger charge is -2.19. The fourth-order valence-electron chi connectivity index (χ4n) is 3.11. The van der Waals surface area contributed by atoms with Crippen molar-refractivity contribution in [2.24, 2.45) is 7.05 Å². The van der Waals surface area contributed by atoms with Crippen molar-refractivity contribution in [1.29, 1.82) is 5.26 Å². The molecule has 8 nitrogen and oxygen atoms in total. The molecule has 130 valence electrons. The van der Waals surface area contributed by atoms with Crippen LogP contribution in [0.3, 0.4) is 0 Å². The highest BCUT2D eigenvalue weighted by Crippen LogP contribution is 2.28. The number of hydrogen-bond donors (Lipinski definition) is 1. The van der Waals surface area contributed by atoms with Gasteiger partial charge in [-0.2, -0.15) is 15.3 Å². The van der Waals surface area contributed by atoms with Crippen molar-refractivity contribution in [3.8, 4) is 17.5 Å². The summed E-state index contributed by atoms with van der Waals surface area (Å²) in [5, 5.41) is 16.8. The van der Waals surface area contributed by atoms with Crippen LogP contribution in [0.5, 0.6) is 0 Å². The summed E-state index contributed by atoms with van der Waals surface area (Å²) in [6, 6.07) is 8.08. The second kappa shape index (κ2) is 6.80. The topological polar surface area (TPSA) is 95.6 Å². The Morgan fingerprint density at radius 1 is 1.19 bits per heavy atom. The maximum atomic E-state index is 9.55. The van der Waals surface area contributed by atoms with Crippen molar-refractivity contribution < 1.29 is 0 Å². The molecule has 0 spiro atoms.